The highest BCUT2D eigenvalue weighted by atomic mass is 16.4. The summed E-state index contributed by atoms with van der Waals surface area (Å²) in [5.74, 6) is -1.03. The van der Waals surface area contributed by atoms with Crippen LogP contribution in [0, 0.1) is 0 Å². The number of carbonyl (C=O) groups is 2. The maximum atomic E-state index is 11.5. The molecule has 0 bridgehead atoms. The number of hydrogen-bond acceptors (Lipinski definition) is 3. The maximum Gasteiger partial charge on any atom is 0.303 e. The van der Waals surface area contributed by atoms with Gasteiger partial charge in [-0.05, 0) is 12.5 Å². The van der Waals surface area contributed by atoms with E-state index in [1.807, 2.05) is 24.3 Å². The summed E-state index contributed by atoms with van der Waals surface area (Å²) in [5.41, 5.74) is 1.71. The van der Waals surface area contributed by atoms with Crippen LogP contribution in [0.3, 0.4) is 0 Å². The molecule has 19 heavy (non-hydrogen) atoms. The van der Waals surface area contributed by atoms with Crippen LogP contribution in [-0.2, 0) is 16.1 Å². The summed E-state index contributed by atoms with van der Waals surface area (Å²) in [4.78, 5) is 21.8. The fraction of sp³-hybridized carbons (Fsp3) is 0.286. The van der Waals surface area contributed by atoms with Gasteiger partial charge in [-0.15, -0.1) is 0 Å². The monoisotopic (exact) mass is 261 g/mol. The molecule has 5 nitrogen and oxygen atoms in total. The van der Waals surface area contributed by atoms with Gasteiger partial charge < -0.3 is 14.8 Å². The molecular weight excluding hydrogens is 246 g/mol. The number of amides is 1. The summed E-state index contributed by atoms with van der Waals surface area (Å²) in [6, 6.07) is 7.61. The number of fused-ring (bicyclic) bond motifs is 1. The molecule has 0 radical (unpaired) electrons. The zero-order chi connectivity index (χ0) is 13.7. The summed E-state index contributed by atoms with van der Waals surface area (Å²) >= 11 is 0. The Morgan fingerprint density at radius 2 is 2.00 bits per heavy atom. The normalized spacial score (nSPS) is 10.5. The molecule has 0 fully saturated rings. The number of benzene rings is 1. The molecule has 1 amide bonds. The molecule has 0 saturated carbocycles. The van der Waals surface area contributed by atoms with E-state index in [1.165, 1.54) is 0 Å². The molecule has 2 N–H and O–H groups in total. The largest absolute Gasteiger partial charge is 0.481 e. The van der Waals surface area contributed by atoms with Gasteiger partial charge in [-0.25, -0.2) is 0 Å². The van der Waals surface area contributed by atoms with Crippen molar-refractivity contribution in [2.75, 3.05) is 0 Å². The fourth-order valence-corrected chi connectivity index (χ4v) is 1.85. The summed E-state index contributed by atoms with van der Waals surface area (Å²) in [6.07, 6.45) is 2.22. The molecule has 0 aliphatic rings. The zero-order valence-electron chi connectivity index (χ0n) is 10.4. The summed E-state index contributed by atoms with van der Waals surface area (Å²) in [6.45, 7) is 0.392. The number of carboxylic acid groups (broad SMARTS) is 1. The average molecular weight is 261 g/mol. The van der Waals surface area contributed by atoms with Gasteiger partial charge in [0.1, 0.15) is 5.58 Å². The van der Waals surface area contributed by atoms with E-state index in [0.717, 1.165) is 16.5 Å². The minimum atomic E-state index is -0.881. The molecule has 1 aromatic heterocycles. The second-order valence-corrected chi connectivity index (χ2v) is 4.28. The lowest BCUT2D eigenvalue weighted by Gasteiger charge is -2.03. The molecule has 2 rings (SSSR count). The highest BCUT2D eigenvalue weighted by Crippen LogP contribution is 2.20. The molecular formula is C14H15NO4. The maximum absolute atomic E-state index is 11.5. The lowest BCUT2D eigenvalue weighted by molar-refractivity contribution is -0.137. The van der Waals surface area contributed by atoms with Crippen LogP contribution in [0.1, 0.15) is 24.8 Å². The Morgan fingerprint density at radius 3 is 2.79 bits per heavy atom. The molecule has 0 spiro atoms. The standard InChI is InChI=1S/C14H15NO4/c16-13(6-3-7-14(17)18)15-8-10-9-19-12-5-2-1-4-11(10)12/h1-2,4-5,9H,3,6-8H2,(H,15,16)(H,17,18). The molecule has 0 aliphatic heterocycles. The Bertz CT molecular complexity index is 588. The minimum absolute atomic E-state index is 0.0159. The van der Waals surface area contributed by atoms with E-state index < -0.39 is 5.97 Å². The topological polar surface area (TPSA) is 79.5 Å². The molecule has 0 atom stereocenters. The Morgan fingerprint density at radius 1 is 1.21 bits per heavy atom. The number of hydrogen-bond donors (Lipinski definition) is 2. The van der Waals surface area contributed by atoms with Crippen LogP contribution in [0.4, 0.5) is 0 Å². The summed E-state index contributed by atoms with van der Waals surface area (Å²) < 4.78 is 5.36. The van der Waals surface area contributed by atoms with E-state index in [0.29, 0.717) is 13.0 Å². The van der Waals surface area contributed by atoms with Gasteiger partial charge in [0.25, 0.3) is 0 Å². The van der Waals surface area contributed by atoms with Crippen molar-refractivity contribution in [1.29, 1.82) is 0 Å². The SMILES string of the molecule is O=C(O)CCCC(=O)NCc1coc2ccccc12. The van der Waals surface area contributed by atoms with Gasteiger partial charge in [-0.1, -0.05) is 18.2 Å². The van der Waals surface area contributed by atoms with Crippen molar-refractivity contribution in [3.63, 3.8) is 0 Å². The van der Waals surface area contributed by atoms with Crippen molar-refractivity contribution >= 4 is 22.8 Å². The van der Waals surface area contributed by atoms with E-state index in [4.69, 9.17) is 9.52 Å². The number of furan rings is 1. The predicted molar refractivity (Wildman–Crippen MR) is 69.5 cm³/mol. The van der Waals surface area contributed by atoms with Crippen molar-refractivity contribution in [1.82, 2.24) is 5.32 Å². The van der Waals surface area contributed by atoms with Crippen LogP contribution in [0.15, 0.2) is 34.9 Å². The molecule has 1 heterocycles. The third kappa shape index (κ3) is 3.58. The average Bonchev–Trinajstić information content (AvgIpc) is 2.79. The van der Waals surface area contributed by atoms with E-state index in [1.54, 1.807) is 6.26 Å². The zero-order valence-corrected chi connectivity index (χ0v) is 10.4. The van der Waals surface area contributed by atoms with Gasteiger partial charge in [0.2, 0.25) is 5.91 Å². The third-order valence-electron chi connectivity index (χ3n) is 2.83. The summed E-state index contributed by atoms with van der Waals surface area (Å²) in [5, 5.41) is 12.2. The molecule has 1 aromatic carbocycles. The van der Waals surface area contributed by atoms with Gasteiger partial charge in [0.05, 0.1) is 6.26 Å². The predicted octanol–water partition coefficient (Wildman–Crippen LogP) is 2.30. The third-order valence-corrected chi connectivity index (χ3v) is 2.83. The van der Waals surface area contributed by atoms with Crippen molar-refractivity contribution in [2.24, 2.45) is 0 Å². The van der Waals surface area contributed by atoms with Crippen LogP contribution < -0.4 is 5.32 Å². The van der Waals surface area contributed by atoms with Crippen LogP contribution in [0.2, 0.25) is 0 Å². The van der Waals surface area contributed by atoms with Crippen LogP contribution in [-0.4, -0.2) is 17.0 Å². The van der Waals surface area contributed by atoms with Crippen LogP contribution in [0.5, 0.6) is 0 Å². The Kier molecular flexibility index (Phi) is 4.18. The number of para-hydroxylation sites is 1. The Labute approximate surface area is 110 Å². The molecule has 5 heteroatoms. The molecule has 0 aliphatic carbocycles. The highest BCUT2D eigenvalue weighted by molar-refractivity contribution is 5.82. The van der Waals surface area contributed by atoms with E-state index in [-0.39, 0.29) is 18.7 Å². The van der Waals surface area contributed by atoms with Gasteiger partial charge in [0.15, 0.2) is 0 Å². The smallest absolute Gasteiger partial charge is 0.303 e. The number of nitrogens with one attached hydrogen (secondary N) is 1. The van der Waals surface area contributed by atoms with E-state index in [9.17, 15) is 9.59 Å². The first-order valence-electron chi connectivity index (χ1n) is 6.10. The first-order valence-corrected chi connectivity index (χ1v) is 6.10. The first kappa shape index (κ1) is 13.1. The Hall–Kier alpha value is -2.30. The molecule has 100 valence electrons. The van der Waals surface area contributed by atoms with Crippen LogP contribution >= 0.6 is 0 Å². The molecule has 0 saturated heterocycles. The van der Waals surface area contributed by atoms with E-state index in [2.05, 4.69) is 5.32 Å². The number of aliphatic carboxylic acids is 1. The van der Waals surface area contributed by atoms with Crippen molar-refractivity contribution in [2.45, 2.75) is 25.8 Å². The second-order valence-electron chi connectivity index (χ2n) is 4.28. The Balaban J connectivity index is 1.85. The first-order chi connectivity index (χ1) is 9.16. The molecule has 2 aromatic rings. The van der Waals surface area contributed by atoms with Crippen LogP contribution in [0.25, 0.3) is 11.0 Å². The number of rotatable bonds is 6. The lowest BCUT2D eigenvalue weighted by atomic mass is 10.1. The van der Waals surface area contributed by atoms with Gasteiger partial charge >= 0.3 is 5.97 Å². The van der Waals surface area contributed by atoms with Crippen molar-refractivity contribution in [3.05, 3.63) is 36.1 Å². The molecule has 0 unspecified atom stereocenters. The number of carbonyl (C=O) groups excluding carboxylic acids is 1. The van der Waals surface area contributed by atoms with Crippen molar-refractivity contribution < 1.29 is 19.1 Å². The fourth-order valence-electron chi connectivity index (χ4n) is 1.85. The highest BCUT2D eigenvalue weighted by Gasteiger charge is 2.07. The minimum Gasteiger partial charge on any atom is -0.481 e. The number of carboxylic acids is 1. The van der Waals surface area contributed by atoms with Gasteiger partial charge in [0, 0.05) is 30.3 Å². The quantitative estimate of drug-likeness (QED) is 0.836. The second kappa shape index (κ2) is 6.04. The van der Waals surface area contributed by atoms with Gasteiger partial charge in [-0.2, -0.15) is 0 Å². The van der Waals surface area contributed by atoms with Crippen molar-refractivity contribution in [3.8, 4) is 0 Å². The lowest BCUT2D eigenvalue weighted by Crippen LogP contribution is -2.22. The van der Waals surface area contributed by atoms with E-state index >= 15 is 0 Å². The summed E-state index contributed by atoms with van der Waals surface area (Å²) in [7, 11) is 0. The van der Waals surface area contributed by atoms with Gasteiger partial charge in [-0.3, -0.25) is 9.59 Å².